The predicted octanol–water partition coefficient (Wildman–Crippen LogP) is 3.97. The fourth-order valence-corrected chi connectivity index (χ4v) is 3.15. The summed E-state index contributed by atoms with van der Waals surface area (Å²) >= 11 is 0. The maximum atomic E-state index is 13.3. The van der Waals surface area contributed by atoms with Crippen LogP contribution in [0.5, 0.6) is 23.3 Å². The van der Waals surface area contributed by atoms with Gasteiger partial charge in [0.15, 0.2) is 17.3 Å². The molecule has 0 fully saturated rings. The average molecular weight is 425 g/mol. The Kier molecular flexibility index (Phi) is 6.19. The first kappa shape index (κ1) is 22.1. The Labute approximate surface area is 181 Å². The van der Waals surface area contributed by atoms with Gasteiger partial charge in [-0.2, -0.15) is 9.67 Å². The van der Waals surface area contributed by atoms with Crippen molar-refractivity contribution in [2.24, 2.45) is 0 Å². The van der Waals surface area contributed by atoms with Crippen molar-refractivity contribution in [2.45, 2.75) is 26.2 Å². The lowest BCUT2D eigenvalue weighted by molar-refractivity contribution is 0.0945. The monoisotopic (exact) mass is 425 g/mol. The van der Waals surface area contributed by atoms with E-state index in [9.17, 15) is 4.79 Å². The number of ether oxygens (including phenoxy) is 4. The van der Waals surface area contributed by atoms with Gasteiger partial charge in [0.2, 0.25) is 5.75 Å². The predicted molar refractivity (Wildman–Crippen MR) is 117 cm³/mol. The van der Waals surface area contributed by atoms with Gasteiger partial charge in [-0.25, -0.2) is 0 Å². The Hall–Kier alpha value is -3.55. The summed E-state index contributed by atoms with van der Waals surface area (Å²) in [4.78, 5) is 17.6. The van der Waals surface area contributed by atoms with Crippen LogP contribution in [-0.4, -0.2) is 49.1 Å². The average Bonchev–Trinajstić information content (AvgIpc) is 3.21. The summed E-state index contributed by atoms with van der Waals surface area (Å²) in [6.45, 7) is 6.36. The molecule has 0 saturated carbocycles. The summed E-state index contributed by atoms with van der Waals surface area (Å²) in [5, 5.41) is 4.23. The molecule has 0 amide bonds. The third-order valence-electron chi connectivity index (χ3n) is 4.88. The van der Waals surface area contributed by atoms with Crippen molar-refractivity contribution in [3.8, 4) is 34.6 Å². The number of hydrogen-bond acceptors (Lipinski definition) is 7. The van der Waals surface area contributed by atoms with E-state index in [1.54, 1.807) is 24.3 Å². The van der Waals surface area contributed by atoms with Crippen LogP contribution < -0.4 is 18.9 Å². The quantitative estimate of drug-likeness (QED) is 0.591. The smallest absolute Gasteiger partial charge is 0.336 e. The van der Waals surface area contributed by atoms with Crippen molar-refractivity contribution in [1.29, 1.82) is 0 Å². The number of benzene rings is 2. The summed E-state index contributed by atoms with van der Waals surface area (Å²) in [6, 6.07) is 10.9. The van der Waals surface area contributed by atoms with Gasteiger partial charge < -0.3 is 18.9 Å². The number of carbonyl (C=O) groups excluding carboxylic acids is 1. The zero-order chi connectivity index (χ0) is 22.8. The third kappa shape index (κ3) is 4.33. The molecule has 1 aromatic heterocycles. The highest BCUT2D eigenvalue weighted by Crippen LogP contribution is 2.41. The second kappa shape index (κ2) is 8.67. The molecular weight excluding hydrogens is 398 g/mol. The first-order chi connectivity index (χ1) is 14.7. The normalized spacial score (nSPS) is 11.2. The van der Waals surface area contributed by atoms with Gasteiger partial charge in [0.05, 0.1) is 28.4 Å². The van der Waals surface area contributed by atoms with Crippen LogP contribution in [0.1, 0.15) is 36.7 Å². The number of rotatable bonds is 6. The Morgan fingerprint density at radius 1 is 0.871 bits per heavy atom. The molecule has 0 saturated heterocycles. The molecule has 1 heterocycles. The molecule has 3 rings (SSSR count). The Bertz CT molecular complexity index is 1060. The van der Waals surface area contributed by atoms with E-state index >= 15 is 0 Å². The highest BCUT2D eigenvalue weighted by molar-refractivity contribution is 5.97. The fraction of sp³-hybridized carbons (Fsp3) is 0.348. The number of hydrogen-bond donors (Lipinski definition) is 0. The Balaban J connectivity index is 2.11. The minimum absolute atomic E-state index is 0.0145. The van der Waals surface area contributed by atoms with Crippen molar-refractivity contribution >= 4 is 5.91 Å². The molecule has 2 aromatic carbocycles. The molecule has 0 radical (unpaired) electrons. The van der Waals surface area contributed by atoms with Crippen molar-refractivity contribution < 1.29 is 23.7 Å². The molecule has 0 aliphatic carbocycles. The van der Waals surface area contributed by atoms with E-state index in [1.807, 2.05) is 12.1 Å². The molecule has 3 aromatic rings. The van der Waals surface area contributed by atoms with Crippen LogP contribution in [0.15, 0.2) is 36.4 Å². The van der Waals surface area contributed by atoms with Crippen LogP contribution >= 0.6 is 0 Å². The van der Waals surface area contributed by atoms with Gasteiger partial charge >= 0.3 is 6.01 Å². The zero-order valence-corrected chi connectivity index (χ0v) is 18.8. The summed E-state index contributed by atoms with van der Waals surface area (Å²) in [6.07, 6.45) is 0. The maximum absolute atomic E-state index is 13.3. The number of aromatic nitrogens is 3. The van der Waals surface area contributed by atoms with E-state index in [2.05, 4.69) is 30.9 Å². The second-order valence-electron chi connectivity index (χ2n) is 7.88. The summed E-state index contributed by atoms with van der Waals surface area (Å²) in [7, 11) is 6.01. The van der Waals surface area contributed by atoms with Crippen LogP contribution in [0, 0.1) is 0 Å². The topological polar surface area (TPSA) is 84.7 Å². The van der Waals surface area contributed by atoms with Gasteiger partial charge in [0.1, 0.15) is 0 Å². The van der Waals surface area contributed by atoms with Crippen LogP contribution in [0.25, 0.3) is 11.4 Å². The second-order valence-corrected chi connectivity index (χ2v) is 7.88. The molecule has 0 atom stereocenters. The molecular formula is C23H27N3O5. The van der Waals surface area contributed by atoms with Gasteiger partial charge in [0.25, 0.3) is 5.91 Å². The van der Waals surface area contributed by atoms with E-state index in [1.165, 1.54) is 33.1 Å². The van der Waals surface area contributed by atoms with Gasteiger partial charge in [0, 0.05) is 11.1 Å². The number of nitrogens with zero attached hydrogens (tertiary/aromatic N) is 3. The first-order valence-corrected chi connectivity index (χ1v) is 9.70. The molecule has 0 N–H and O–H groups in total. The Morgan fingerprint density at radius 3 is 1.90 bits per heavy atom. The summed E-state index contributed by atoms with van der Waals surface area (Å²) in [5.74, 6) is 1.27. The lowest BCUT2D eigenvalue weighted by Gasteiger charge is -2.19. The molecule has 0 bridgehead atoms. The van der Waals surface area contributed by atoms with Crippen LogP contribution in [0.3, 0.4) is 0 Å². The number of carbonyl (C=O) groups is 1. The van der Waals surface area contributed by atoms with Gasteiger partial charge in [-0.15, -0.1) is 5.10 Å². The lowest BCUT2D eigenvalue weighted by Crippen LogP contribution is -2.16. The van der Waals surface area contributed by atoms with E-state index in [4.69, 9.17) is 18.9 Å². The van der Waals surface area contributed by atoms with Gasteiger partial charge in [-0.1, -0.05) is 32.9 Å². The minimum atomic E-state index is -0.333. The van der Waals surface area contributed by atoms with Crippen LogP contribution in [0.2, 0.25) is 0 Å². The maximum Gasteiger partial charge on any atom is 0.336 e. The standard InChI is InChI=1S/C23H27N3O5/c1-23(2,3)16-10-8-14(9-11-16)21(27)26-20(24-22(25-26)31-7)15-12-17(28-4)19(30-6)18(13-15)29-5/h8-13H,1-7H3. The molecule has 0 aliphatic heterocycles. The minimum Gasteiger partial charge on any atom is -0.493 e. The van der Waals surface area contributed by atoms with E-state index < -0.39 is 0 Å². The molecule has 0 spiro atoms. The van der Waals surface area contributed by atoms with Crippen molar-refractivity contribution in [1.82, 2.24) is 14.8 Å². The lowest BCUT2D eigenvalue weighted by atomic mass is 9.87. The SMILES string of the molecule is COc1nc(-c2cc(OC)c(OC)c(OC)c2)n(C(=O)c2ccc(C(C)(C)C)cc2)n1. The molecule has 0 aliphatic rings. The highest BCUT2D eigenvalue weighted by Gasteiger charge is 2.23. The fourth-order valence-electron chi connectivity index (χ4n) is 3.15. The van der Waals surface area contributed by atoms with Crippen LogP contribution in [0.4, 0.5) is 0 Å². The zero-order valence-electron chi connectivity index (χ0n) is 18.8. The molecule has 31 heavy (non-hydrogen) atoms. The van der Waals surface area contributed by atoms with Crippen molar-refractivity contribution in [3.63, 3.8) is 0 Å². The molecule has 164 valence electrons. The van der Waals surface area contributed by atoms with E-state index in [0.717, 1.165) is 5.56 Å². The van der Waals surface area contributed by atoms with Gasteiger partial charge in [-0.05, 0) is 35.2 Å². The number of methoxy groups -OCH3 is 4. The van der Waals surface area contributed by atoms with Crippen LogP contribution in [-0.2, 0) is 5.41 Å². The largest absolute Gasteiger partial charge is 0.493 e. The molecule has 0 unspecified atom stereocenters. The summed E-state index contributed by atoms with van der Waals surface area (Å²) in [5.41, 5.74) is 2.16. The van der Waals surface area contributed by atoms with E-state index in [0.29, 0.717) is 34.2 Å². The third-order valence-corrected chi connectivity index (χ3v) is 4.88. The Morgan fingerprint density at radius 2 is 1.45 bits per heavy atom. The molecule has 8 nitrogen and oxygen atoms in total. The van der Waals surface area contributed by atoms with E-state index in [-0.39, 0.29) is 17.3 Å². The van der Waals surface area contributed by atoms with Crippen molar-refractivity contribution in [2.75, 3.05) is 28.4 Å². The molecule has 8 heteroatoms. The first-order valence-electron chi connectivity index (χ1n) is 9.70. The summed E-state index contributed by atoms with van der Waals surface area (Å²) < 4.78 is 22.6. The van der Waals surface area contributed by atoms with Gasteiger partial charge in [-0.3, -0.25) is 4.79 Å². The van der Waals surface area contributed by atoms with Crippen molar-refractivity contribution in [3.05, 3.63) is 47.5 Å². The highest BCUT2D eigenvalue weighted by atomic mass is 16.5.